The molecule has 2 aromatic rings. The first-order valence-corrected chi connectivity index (χ1v) is 4.54. The van der Waals surface area contributed by atoms with E-state index in [2.05, 4.69) is 15.5 Å². The van der Waals surface area contributed by atoms with E-state index in [1.165, 1.54) is 0 Å². The summed E-state index contributed by atoms with van der Waals surface area (Å²) in [4.78, 5) is 0. The Hall–Kier alpha value is -1.98. The number of hydrogen-bond acceptors (Lipinski definition) is 2. The van der Waals surface area contributed by atoms with E-state index in [0.29, 0.717) is 5.69 Å². The molecule has 0 spiro atoms. The average Bonchev–Trinajstić information content (AvgIpc) is 2.78. The first-order valence-electron chi connectivity index (χ1n) is 4.54. The fraction of sp³-hybridized carbons (Fsp3) is 0.100. The van der Waals surface area contributed by atoms with Gasteiger partial charge in [0.2, 0.25) is 0 Å². The lowest BCUT2D eigenvalue weighted by atomic mass is 10.2. The molecule has 0 amide bonds. The van der Waals surface area contributed by atoms with Crippen molar-refractivity contribution in [1.82, 2.24) is 10.2 Å². The van der Waals surface area contributed by atoms with Crippen molar-refractivity contribution in [2.24, 2.45) is 0 Å². The quantitative estimate of drug-likeness (QED) is 0.790. The number of rotatable bonds is 3. The summed E-state index contributed by atoms with van der Waals surface area (Å²) in [5.41, 5.74) is 0.623. The molecule has 2 N–H and O–H groups in total. The van der Waals surface area contributed by atoms with Gasteiger partial charge < -0.3 is 5.32 Å². The Morgan fingerprint density at radius 2 is 1.94 bits per heavy atom. The topological polar surface area (TPSA) is 40.7 Å². The Bertz CT molecular complexity index is 482. The standard InChI is InChI=1S/C10H8F3N3/c11-7-1-2-8(10(13)9(7)12)14-5-6-3-4-15-16-6/h1-4,14H,5H2,(H,15,16). The highest BCUT2D eigenvalue weighted by atomic mass is 19.2. The molecule has 0 saturated heterocycles. The smallest absolute Gasteiger partial charge is 0.196 e. The first kappa shape index (κ1) is 10.5. The minimum Gasteiger partial charge on any atom is -0.377 e. The minimum atomic E-state index is -1.48. The van der Waals surface area contributed by atoms with E-state index < -0.39 is 17.5 Å². The molecule has 0 radical (unpaired) electrons. The normalized spacial score (nSPS) is 10.4. The van der Waals surface area contributed by atoms with Crippen molar-refractivity contribution in [3.05, 3.63) is 47.5 Å². The van der Waals surface area contributed by atoms with Gasteiger partial charge in [-0.15, -0.1) is 0 Å². The molecule has 2 rings (SSSR count). The highest BCUT2D eigenvalue weighted by Gasteiger charge is 2.12. The predicted molar refractivity (Wildman–Crippen MR) is 52.2 cm³/mol. The number of aromatic nitrogens is 2. The SMILES string of the molecule is Fc1ccc(NCc2ccn[nH]2)c(F)c1F. The summed E-state index contributed by atoms with van der Waals surface area (Å²) < 4.78 is 38.6. The highest BCUT2D eigenvalue weighted by Crippen LogP contribution is 2.19. The van der Waals surface area contributed by atoms with Crippen LogP contribution in [0.3, 0.4) is 0 Å². The van der Waals surface area contributed by atoms with E-state index in [-0.39, 0.29) is 12.2 Å². The van der Waals surface area contributed by atoms with E-state index in [4.69, 9.17) is 0 Å². The Kier molecular flexibility index (Phi) is 2.80. The van der Waals surface area contributed by atoms with Gasteiger partial charge in [0.15, 0.2) is 17.5 Å². The number of aromatic amines is 1. The van der Waals surface area contributed by atoms with E-state index >= 15 is 0 Å². The third-order valence-corrected chi connectivity index (χ3v) is 2.06. The van der Waals surface area contributed by atoms with Crippen molar-refractivity contribution in [3.63, 3.8) is 0 Å². The van der Waals surface area contributed by atoms with Crippen LogP contribution in [-0.4, -0.2) is 10.2 Å². The molecular formula is C10H8F3N3. The van der Waals surface area contributed by atoms with Gasteiger partial charge in [-0.1, -0.05) is 0 Å². The molecule has 1 heterocycles. The van der Waals surface area contributed by atoms with Gasteiger partial charge in [0.05, 0.1) is 17.9 Å². The van der Waals surface area contributed by atoms with Crippen molar-refractivity contribution >= 4 is 5.69 Å². The fourth-order valence-corrected chi connectivity index (χ4v) is 1.24. The van der Waals surface area contributed by atoms with Gasteiger partial charge in [-0.25, -0.2) is 13.2 Å². The Balaban J connectivity index is 2.13. The van der Waals surface area contributed by atoms with Crippen molar-refractivity contribution in [3.8, 4) is 0 Å². The lowest BCUT2D eigenvalue weighted by Gasteiger charge is -2.06. The highest BCUT2D eigenvalue weighted by molar-refractivity contribution is 5.45. The second kappa shape index (κ2) is 4.26. The second-order valence-corrected chi connectivity index (χ2v) is 3.16. The molecule has 16 heavy (non-hydrogen) atoms. The number of nitrogens with one attached hydrogen (secondary N) is 2. The van der Waals surface area contributed by atoms with Crippen molar-refractivity contribution < 1.29 is 13.2 Å². The molecule has 0 atom stereocenters. The molecule has 6 heteroatoms. The van der Waals surface area contributed by atoms with Gasteiger partial charge in [0.25, 0.3) is 0 Å². The Morgan fingerprint density at radius 3 is 2.62 bits per heavy atom. The maximum atomic E-state index is 13.2. The van der Waals surface area contributed by atoms with Gasteiger partial charge in [-0.05, 0) is 18.2 Å². The summed E-state index contributed by atoms with van der Waals surface area (Å²) in [6, 6.07) is 3.70. The van der Waals surface area contributed by atoms with Crippen LogP contribution in [0.15, 0.2) is 24.4 Å². The maximum Gasteiger partial charge on any atom is 0.196 e. The van der Waals surface area contributed by atoms with Gasteiger partial charge in [-0.3, -0.25) is 5.10 Å². The Labute approximate surface area is 89.3 Å². The summed E-state index contributed by atoms with van der Waals surface area (Å²) in [6.45, 7) is 0.252. The molecule has 1 aromatic heterocycles. The molecule has 0 aliphatic carbocycles. The van der Waals surface area contributed by atoms with E-state index in [0.717, 1.165) is 12.1 Å². The first-order chi connectivity index (χ1) is 7.68. The van der Waals surface area contributed by atoms with Crippen LogP contribution >= 0.6 is 0 Å². The zero-order valence-corrected chi connectivity index (χ0v) is 8.10. The van der Waals surface area contributed by atoms with Crippen LogP contribution in [0.25, 0.3) is 0 Å². The average molecular weight is 227 g/mol. The zero-order valence-electron chi connectivity index (χ0n) is 8.10. The zero-order chi connectivity index (χ0) is 11.5. The molecular weight excluding hydrogens is 219 g/mol. The fourth-order valence-electron chi connectivity index (χ4n) is 1.24. The molecule has 0 fully saturated rings. The van der Waals surface area contributed by atoms with Gasteiger partial charge >= 0.3 is 0 Å². The lowest BCUT2D eigenvalue weighted by Crippen LogP contribution is -2.04. The van der Waals surface area contributed by atoms with Crippen LogP contribution in [0.1, 0.15) is 5.69 Å². The van der Waals surface area contributed by atoms with Gasteiger partial charge in [-0.2, -0.15) is 5.10 Å². The molecule has 84 valence electrons. The Morgan fingerprint density at radius 1 is 1.12 bits per heavy atom. The molecule has 0 aliphatic rings. The van der Waals surface area contributed by atoms with Crippen molar-refractivity contribution in [2.45, 2.75) is 6.54 Å². The number of nitrogens with zero attached hydrogens (tertiary/aromatic N) is 1. The van der Waals surface area contributed by atoms with E-state index in [1.807, 2.05) is 0 Å². The monoisotopic (exact) mass is 227 g/mol. The third-order valence-electron chi connectivity index (χ3n) is 2.06. The number of benzene rings is 1. The van der Waals surface area contributed by atoms with E-state index in [1.54, 1.807) is 12.3 Å². The van der Waals surface area contributed by atoms with E-state index in [9.17, 15) is 13.2 Å². The third kappa shape index (κ3) is 2.00. The molecule has 0 aliphatic heterocycles. The molecule has 0 saturated carbocycles. The maximum absolute atomic E-state index is 13.2. The van der Waals surface area contributed by atoms with Crippen LogP contribution in [0.2, 0.25) is 0 Å². The summed E-state index contributed by atoms with van der Waals surface area (Å²) in [5.74, 6) is -3.90. The van der Waals surface area contributed by atoms with Crippen LogP contribution in [0.5, 0.6) is 0 Å². The number of hydrogen-bond donors (Lipinski definition) is 2. The van der Waals surface area contributed by atoms with Crippen LogP contribution < -0.4 is 5.32 Å². The van der Waals surface area contributed by atoms with Gasteiger partial charge in [0, 0.05) is 6.20 Å². The largest absolute Gasteiger partial charge is 0.377 e. The lowest BCUT2D eigenvalue weighted by molar-refractivity contribution is 0.449. The summed E-state index contributed by atoms with van der Waals surface area (Å²) in [5, 5.41) is 8.98. The second-order valence-electron chi connectivity index (χ2n) is 3.16. The molecule has 0 unspecified atom stereocenters. The summed E-state index contributed by atoms with van der Waals surface area (Å²) in [7, 11) is 0. The molecule has 1 aromatic carbocycles. The van der Waals surface area contributed by atoms with Crippen LogP contribution in [-0.2, 0) is 6.54 Å². The predicted octanol–water partition coefficient (Wildman–Crippen LogP) is 2.44. The number of halogens is 3. The van der Waals surface area contributed by atoms with Crippen molar-refractivity contribution in [2.75, 3.05) is 5.32 Å². The van der Waals surface area contributed by atoms with Crippen LogP contribution in [0.4, 0.5) is 18.9 Å². The van der Waals surface area contributed by atoms with Crippen LogP contribution in [0, 0.1) is 17.5 Å². The van der Waals surface area contributed by atoms with Gasteiger partial charge in [0.1, 0.15) is 0 Å². The molecule has 0 bridgehead atoms. The number of H-pyrrole nitrogens is 1. The minimum absolute atomic E-state index is 0.0894. The summed E-state index contributed by atoms with van der Waals surface area (Å²) >= 11 is 0. The number of anilines is 1. The van der Waals surface area contributed by atoms with Crippen molar-refractivity contribution in [1.29, 1.82) is 0 Å². The summed E-state index contributed by atoms with van der Waals surface area (Å²) in [6.07, 6.45) is 1.54. The molecule has 3 nitrogen and oxygen atoms in total.